The summed E-state index contributed by atoms with van der Waals surface area (Å²) in [5, 5.41) is 7.84. The van der Waals surface area contributed by atoms with Gasteiger partial charge in [0.2, 0.25) is 5.16 Å². The van der Waals surface area contributed by atoms with Gasteiger partial charge < -0.3 is 0 Å². The van der Waals surface area contributed by atoms with Crippen LogP contribution in [0.1, 0.15) is 17.4 Å². The van der Waals surface area contributed by atoms with Gasteiger partial charge in [-0.3, -0.25) is 4.79 Å². The molecule has 0 aliphatic rings. The van der Waals surface area contributed by atoms with E-state index >= 15 is 0 Å². The molecule has 4 nitrogen and oxygen atoms in total. The van der Waals surface area contributed by atoms with Crippen molar-refractivity contribution in [2.24, 2.45) is 0 Å². The molecule has 0 radical (unpaired) electrons. The highest BCUT2D eigenvalue weighted by Gasteiger charge is 2.02. The Hall–Kier alpha value is -0.970. The van der Waals surface area contributed by atoms with Crippen LogP contribution in [0.15, 0.2) is 11.4 Å². The monoisotopic (exact) mass is 169 g/mol. The minimum absolute atomic E-state index is 0.0878. The number of hydrogen-bond donors (Lipinski definition) is 0. The highest BCUT2D eigenvalue weighted by molar-refractivity contribution is 7.98. The summed E-state index contributed by atoms with van der Waals surface area (Å²) in [5.74, 6) is -0.0878. The molecule has 0 atom stereocenters. The number of Topliss-reactive ketones (excluding diaryl/α,β-unsaturated/α-hetero) is 1. The number of aromatic nitrogens is 3. The summed E-state index contributed by atoms with van der Waals surface area (Å²) in [5.41, 5.74) is 0.365. The van der Waals surface area contributed by atoms with E-state index < -0.39 is 0 Å². The zero-order valence-electron chi connectivity index (χ0n) is 6.24. The second-order valence-electron chi connectivity index (χ2n) is 1.88. The number of nitrogens with zero attached hydrogens (tertiary/aromatic N) is 3. The van der Waals surface area contributed by atoms with Crippen molar-refractivity contribution in [1.29, 1.82) is 0 Å². The zero-order chi connectivity index (χ0) is 8.27. The summed E-state index contributed by atoms with van der Waals surface area (Å²) in [6, 6.07) is 0. The lowest BCUT2D eigenvalue weighted by Gasteiger charge is -1.94. The largest absolute Gasteiger partial charge is 0.293 e. The van der Waals surface area contributed by atoms with Crippen molar-refractivity contribution in [3.8, 4) is 0 Å². The normalized spacial score (nSPS) is 9.64. The van der Waals surface area contributed by atoms with E-state index in [0.29, 0.717) is 10.9 Å². The lowest BCUT2D eigenvalue weighted by atomic mass is 10.3. The predicted octanol–water partition coefficient (Wildman–Crippen LogP) is 0.796. The van der Waals surface area contributed by atoms with Crippen LogP contribution in [0.25, 0.3) is 0 Å². The molecule has 1 rings (SSSR count). The predicted molar refractivity (Wildman–Crippen MR) is 41.6 cm³/mol. The molecule has 58 valence electrons. The van der Waals surface area contributed by atoms with Crippen molar-refractivity contribution < 1.29 is 4.79 Å². The van der Waals surface area contributed by atoms with E-state index in [9.17, 15) is 4.79 Å². The van der Waals surface area contributed by atoms with Crippen LogP contribution in [0.4, 0.5) is 0 Å². The Morgan fingerprint density at radius 3 is 2.91 bits per heavy atom. The first kappa shape index (κ1) is 8.13. The molecule has 0 aliphatic carbocycles. The molecule has 0 aliphatic heterocycles. The quantitative estimate of drug-likeness (QED) is 0.484. The van der Waals surface area contributed by atoms with Crippen LogP contribution in [0, 0.1) is 0 Å². The Morgan fingerprint density at radius 1 is 1.64 bits per heavy atom. The molecule has 0 aromatic carbocycles. The maximum atomic E-state index is 10.8. The number of carbonyl (C=O) groups is 1. The van der Waals surface area contributed by atoms with Crippen molar-refractivity contribution in [3.63, 3.8) is 0 Å². The first-order chi connectivity index (χ1) is 5.24. The molecule has 0 spiro atoms. The van der Waals surface area contributed by atoms with Crippen molar-refractivity contribution >= 4 is 17.5 Å². The van der Waals surface area contributed by atoms with Crippen LogP contribution in [-0.2, 0) is 0 Å². The first-order valence-electron chi connectivity index (χ1n) is 2.98. The fourth-order valence-electron chi connectivity index (χ4n) is 0.543. The maximum Gasteiger partial charge on any atom is 0.209 e. The summed E-state index contributed by atoms with van der Waals surface area (Å²) in [7, 11) is 0. The van der Waals surface area contributed by atoms with Crippen LogP contribution in [0.2, 0.25) is 0 Å². The molecule has 11 heavy (non-hydrogen) atoms. The van der Waals surface area contributed by atoms with E-state index in [4.69, 9.17) is 0 Å². The Kier molecular flexibility index (Phi) is 2.53. The van der Waals surface area contributed by atoms with Crippen molar-refractivity contribution in [2.75, 3.05) is 6.26 Å². The van der Waals surface area contributed by atoms with Gasteiger partial charge in [0.05, 0.1) is 6.20 Å². The van der Waals surface area contributed by atoms with E-state index in [1.165, 1.54) is 24.9 Å². The molecule has 0 saturated heterocycles. The minimum Gasteiger partial charge on any atom is -0.293 e. The summed E-state index contributed by atoms with van der Waals surface area (Å²) in [6.45, 7) is 1.45. The molecule has 1 aromatic heterocycles. The van der Waals surface area contributed by atoms with Gasteiger partial charge in [0, 0.05) is 6.92 Å². The average molecular weight is 169 g/mol. The molecule has 0 unspecified atom stereocenters. The Bertz CT molecular complexity index is 276. The Labute approximate surface area is 68.4 Å². The SMILES string of the molecule is CSc1nncc(C(C)=O)n1. The van der Waals surface area contributed by atoms with Crippen molar-refractivity contribution in [2.45, 2.75) is 12.1 Å². The van der Waals surface area contributed by atoms with Gasteiger partial charge in [-0.2, -0.15) is 5.10 Å². The molecular weight excluding hydrogens is 162 g/mol. The van der Waals surface area contributed by atoms with E-state index in [1.807, 2.05) is 6.26 Å². The molecular formula is C6H7N3OS. The standard InChI is InChI=1S/C6H7N3OS/c1-4(10)5-3-7-9-6(8-5)11-2/h3H,1-2H3. The Balaban J connectivity index is 3.01. The fourth-order valence-corrected chi connectivity index (χ4v) is 0.862. The Morgan fingerprint density at radius 2 is 2.36 bits per heavy atom. The van der Waals surface area contributed by atoms with Crippen LogP contribution in [-0.4, -0.2) is 27.2 Å². The molecule has 0 bridgehead atoms. The number of rotatable bonds is 2. The number of carbonyl (C=O) groups excluding carboxylic acids is 1. The summed E-state index contributed by atoms with van der Waals surface area (Å²) in [4.78, 5) is 14.7. The van der Waals surface area contributed by atoms with E-state index in [1.54, 1.807) is 0 Å². The maximum absolute atomic E-state index is 10.8. The third-order valence-corrected chi connectivity index (χ3v) is 1.62. The van der Waals surface area contributed by atoms with Gasteiger partial charge in [0.15, 0.2) is 5.78 Å². The van der Waals surface area contributed by atoms with Crippen LogP contribution in [0.5, 0.6) is 0 Å². The van der Waals surface area contributed by atoms with E-state index in [0.717, 1.165) is 0 Å². The molecule has 0 amide bonds. The second kappa shape index (κ2) is 3.43. The summed E-state index contributed by atoms with van der Waals surface area (Å²) in [6.07, 6.45) is 3.20. The minimum atomic E-state index is -0.0878. The lowest BCUT2D eigenvalue weighted by Crippen LogP contribution is -2.00. The van der Waals surface area contributed by atoms with Gasteiger partial charge in [-0.15, -0.1) is 5.10 Å². The molecule has 0 fully saturated rings. The highest BCUT2D eigenvalue weighted by atomic mass is 32.2. The smallest absolute Gasteiger partial charge is 0.209 e. The molecule has 5 heteroatoms. The number of hydrogen-bond acceptors (Lipinski definition) is 5. The summed E-state index contributed by atoms with van der Waals surface area (Å²) >= 11 is 1.36. The van der Waals surface area contributed by atoms with Crippen LogP contribution >= 0.6 is 11.8 Å². The van der Waals surface area contributed by atoms with Crippen molar-refractivity contribution in [1.82, 2.24) is 15.2 Å². The van der Waals surface area contributed by atoms with Gasteiger partial charge in [-0.05, 0) is 6.26 Å². The third-order valence-electron chi connectivity index (χ3n) is 1.08. The zero-order valence-corrected chi connectivity index (χ0v) is 7.05. The van der Waals surface area contributed by atoms with Gasteiger partial charge in [0.25, 0.3) is 0 Å². The fraction of sp³-hybridized carbons (Fsp3) is 0.333. The van der Waals surface area contributed by atoms with Gasteiger partial charge in [-0.1, -0.05) is 11.8 Å². The molecule has 1 heterocycles. The van der Waals surface area contributed by atoms with Gasteiger partial charge in [-0.25, -0.2) is 4.98 Å². The van der Waals surface area contributed by atoms with Crippen LogP contribution in [0.3, 0.4) is 0 Å². The van der Waals surface area contributed by atoms with Crippen LogP contribution < -0.4 is 0 Å². The topological polar surface area (TPSA) is 55.7 Å². The van der Waals surface area contributed by atoms with Gasteiger partial charge in [0.1, 0.15) is 5.69 Å². The first-order valence-corrected chi connectivity index (χ1v) is 4.21. The lowest BCUT2D eigenvalue weighted by molar-refractivity contribution is 0.101. The van der Waals surface area contributed by atoms with Crippen molar-refractivity contribution in [3.05, 3.63) is 11.9 Å². The highest BCUT2D eigenvalue weighted by Crippen LogP contribution is 2.05. The van der Waals surface area contributed by atoms with E-state index in [2.05, 4.69) is 15.2 Å². The third kappa shape index (κ3) is 1.98. The van der Waals surface area contributed by atoms with E-state index in [-0.39, 0.29) is 5.78 Å². The number of thioether (sulfide) groups is 1. The molecule has 1 aromatic rings. The molecule has 0 N–H and O–H groups in total. The average Bonchev–Trinajstić information content (AvgIpc) is 2.05. The number of ketones is 1. The summed E-state index contributed by atoms with van der Waals surface area (Å²) < 4.78 is 0. The van der Waals surface area contributed by atoms with Gasteiger partial charge >= 0.3 is 0 Å². The molecule has 0 saturated carbocycles. The second-order valence-corrected chi connectivity index (χ2v) is 2.66.